The molecule has 1 aromatic heterocycles. The fraction of sp³-hybridized carbons (Fsp3) is 0.238. The van der Waals surface area contributed by atoms with Crippen LogP contribution in [0.15, 0.2) is 54.1 Å². The highest BCUT2D eigenvalue weighted by Gasteiger charge is 2.41. The third-order valence-corrected chi connectivity index (χ3v) is 7.96. The van der Waals surface area contributed by atoms with Crippen molar-refractivity contribution in [3.8, 4) is 0 Å². The monoisotopic (exact) mass is 514 g/mol. The normalized spacial score (nSPS) is 21.3. The number of hydrogen-bond acceptors (Lipinski definition) is 5. The lowest BCUT2D eigenvalue weighted by molar-refractivity contribution is -0.120. The zero-order valence-corrected chi connectivity index (χ0v) is 19.9. The number of likely N-dealkylation sites (N-methyl/N-ethyl adjacent to an activating group) is 1. The minimum Gasteiger partial charge on any atom is -0.325 e. The van der Waals surface area contributed by atoms with E-state index in [0.717, 1.165) is 16.6 Å². The summed E-state index contributed by atoms with van der Waals surface area (Å²) in [5, 5.41) is 2.42. The number of halogens is 3. The lowest BCUT2D eigenvalue weighted by atomic mass is 10.1. The summed E-state index contributed by atoms with van der Waals surface area (Å²) in [7, 11) is -2.66. The maximum absolute atomic E-state index is 13.4. The number of aliphatic imine (C=N–C) groups is 1. The number of nitrogens with one attached hydrogen (secondary N) is 2. The Kier molecular flexibility index (Phi) is 8.14. The van der Waals surface area contributed by atoms with Gasteiger partial charge in [0.05, 0.1) is 21.6 Å². The Bertz CT molecular complexity index is 1210. The summed E-state index contributed by atoms with van der Waals surface area (Å²) in [5.74, 6) is -1.21. The first kappa shape index (κ1) is 25.2. The lowest BCUT2D eigenvalue weighted by Crippen LogP contribution is -2.55. The largest absolute Gasteiger partial charge is 0.325 e. The SMILES string of the molecule is C=C/C=C(\N=C/CF)c1ccc([C@H]2C[C@@H](C(=O)Nc3ccc(F)c(Cl)c3)N(C)S(=O)(=O)N2)s1. The molecule has 0 spiro atoms. The maximum Gasteiger partial charge on any atom is 0.280 e. The Morgan fingerprint density at radius 3 is 2.85 bits per heavy atom. The topological polar surface area (TPSA) is 90.9 Å². The quantitative estimate of drug-likeness (QED) is 0.425. The number of benzene rings is 1. The number of anilines is 1. The molecule has 33 heavy (non-hydrogen) atoms. The molecule has 2 atom stereocenters. The van der Waals surface area contributed by atoms with E-state index in [2.05, 4.69) is 21.6 Å². The van der Waals surface area contributed by atoms with Gasteiger partial charge >= 0.3 is 0 Å². The summed E-state index contributed by atoms with van der Waals surface area (Å²) >= 11 is 7.03. The van der Waals surface area contributed by atoms with Crippen molar-refractivity contribution < 1.29 is 22.0 Å². The zero-order chi connectivity index (χ0) is 24.2. The Labute approximate surface area is 199 Å². The Morgan fingerprint density at radius 2 is 2.18 bits per heavy atom. The van der Waals surface area contributed by atoms with Crippen LogP contribution in [-0.2, 0) is 15.0 Å². The van der Waals surface area contributed by atoms with Crippen LogP contribution in [0.3, 0.4) is 0 Å². The Morgan fingerprint density at radius 1 is 1.42 bits per heavy atom. The molecule has 3 rings (SSSR count). The molecule has 176 valence electrons. The van der Waals surface area contributed by atoms with Crippen LogP contribution in [0.5, 0.6) is 0 Å². The van der Waals surface area contributed by atoms with Gasteiger partial charge in [0, 0.05) is 23.8 Å². The van der Waals surface area contributed by atoms with Crippen molar-refractivity contribution in [2.75, 3.05) is 19.0 Å². The van der Waals surface area contributed by atoms with Gasteiger partial charge in [0.1, 0.15) is 18.5 Å². The molecular formula is C21H21ClF2N4O3S2. The molecule has 1 fully saturated rings. The van der Waals surface area contributed by atoms with Gasteiger partial charge in [-0.15, -0.1) is 11.3 Å². The second kappa shape index (κ2) is 10.7. The van der Waals surface area contributed by atoms with E-state index < -0.39 is 40.7 Å². The van der Waals surface area contributed by atoms with Crippen LogP contribution >= 0.6 is 22.9 Å². The molecule has 0 radical (unpaired) electrons. The van der Waals surface area contributed by atoms with Crippen LogP contribution in [0.4, 0.5) is 14.5 Å². The summed E-state index contributed by atoms with van der Waals surface area (Å²) in [4.78, 5) is 18.3. The first-order valence-corrected chi connectivity index (χ1v) is 12.3. The number of alkyl halides is 1. The molecular weight excluding hydrogens is 494 g/mol. The van der Waals surface area contributed by atoms with E-state index in [9.17, 15) is 22.0 Å². The minimum atomic E-state index is -3.96. The van der Waals surface area contributed by atoms with Gasteiger partial charge in [-0.3, -0.25) is 9.79 Å². The van der Waals surface area contributed by atoms with Crippen LogP contribution in [0, 0.1) is 5.82 Å². The molecule has 2 heterocycles. The van der Waals surface area contributed by atoms with Gasteiger partial charge in [-0.05, 0) is 42.8 Å². The van der Waals surface area contributed by atoms with Crippen molar-refractivity contribution in [1.29, 1.82) is 0 Å². The summed E-state index contributed by atoms with van der Waals surface area (Å²) in [6, 6.07) is 5.47. The van der Waals surface area contributed by atoms with Gasteiger partial charge in [0.2, 0.25) is 5.91 Å². The smallest absolute Gasteiger partial charge is 0.280 e. The van der Waals surface area contributed by atoms with Crippen LogP contribution in [0.1, 0.15) is 22.2 Å². The lowest BCUT2D eigenvalue weighted by Gasteiger charge is -2.35. The van der Waals surface area contributed by atoms with Gasteiger partial charge in [0.25, 0.3) is 10.2 Å². The Balaban J connectivity index is 1.85. The molecule has 0 unspecified atom stereocenters. The highest BCUT2D eigenvalue weighted by atomic mass is 35.5. The van der Waals surface area contributed by atoms with Crippen molar-refractivity contribution in [2.24, 2.45) is 4.99 Å². The number of nitrogens with zero attached hydrogens (tertiary/aromatic N) is 2. The van der Waals surface area contributed by atoms with E-state index >= 15 is 0 Å². The highest BCUT2D eigenvalue weighted by molar-refractivity contribution is 7.87. The van der Waals surface area contributed by atoms with E-state index in [1.807, 2.05) is 0 Å². The molecule has 1 saturated heterocycles. The summed E-state index contributed by atoms with van der Waals surface area (Å²) in [6.45, 7) is 2.90. The average Bonchev–Trinajstić information content (AvgIpc) is 3.25. The number of carbonyl (C=O) groups excluding carboxylic acids is 1. The summed E-state index contributed by atoms with van der Waals surface area (Å²) in [5.41, 5.74) is 0.729. The fourth-order valence-electron chi connectivity index (χ4n) is 3.21. The molecule has 0 bridgehead atoms. The van der Waals surface area contributed by atoms with Gasteiger partial charge in [0.15, 0.2) is 0 Å². The van der Waals surface area contributed by atoms with Gasteiger partial charge in [-0.1, -0.05) is 24.3 Å². The standard InChI is InChI=1S/C21H21ClF2N4O3S2/c1-3-4-16(25-10-9-23)19-7-8-20(32-19)17-12-18(28(2)33(30,31)27-17)21(29)26-13-5-6-15(24)14(22)11-13/h3-8,10-11,17-18,27H,1,9,12H2,2H3,(H,26,29)/b16-4-,25-10-/t17-,18+/m1/s1. The van der Waals surface area contributed by atoms with Crippen molar-refractivity contribution in [2.45, 2.75) is 18.5 Å². The number of allylic oxidation sites excluding steroid dienone is 2. The molecule has 12 heteroatoms. The number of hydrogen-bond donors (Lipinski definition) is 2. The summed E-state index contributed by atoms with van der Waals surface area (Å²) in [6.07, 6.45) is 4.40. The van der Waals surface area contributed by atoms with Crippen molar-refractivity contribution in [3.63, 3.8) is 0 Å². The number of rotatable bonds is 7. The molecule has 1 aliphatic heterocycles. The van der Waals surface area contributed by atoms with Crippen LogP contribution in [0.25, 0.3) is 5.70 Å². The molecule has 1 aliphatic rings. The second-order valence-electron chi connectivity index (χ2n) is 7.02. The van der Waals surface area contributed by atoms with Gasteiger partial charge in [-0.2, -0.15) is 17.4 Å². The predicted molar refractivity (Wildman–Crippen MR) is 128 cm³/mol. The minimum absolute atomic E-state index is 0.144. The fourth-order valence-corrected chi connectivity index (χ4v) is 5.78. The number of thiophene rings is 1. The van der Waals surface area contributed by atoms with Crippen molar-refractivity contribution >= 4 is 56.7 Å². The van der Waals surface area contributed by atoms with E-state index in [4.69, 9.17) is 11.6 Å². The van der Waals surface area contributed by atoms with Crippen molar-refractivity contribution in [1.82, 2.24) is 9.03 Å². The molecule has 1 aromatic carbocycles. The van der Waals surface area contributed by atoms with Crippen LogP contribution in [-0.4, -0.2) is 44.6 Å². The van der Waals surface area contributed by atoms with Gasteiger partial charge in [-0.25, -0.2) is 8.78 Å². The molecule has 7 nitrogen and oxygen atoms in total. The maximum atomic E-state index is 13.4. The molecule has 2 N–H and O–H groups in total. The highest BCUT2D eigenvalue weighted by Crippen LogP contribution is 2.35. The third kappa shape index (κ3) is 5.92. The molecule has 0 aliphatic carbocycles. The predicted octanol–water partition coefficient (Wildman–Crippen LogP) is 4.33. The van der Waals surface area contributed by atoms with E-state index in [-0.39, 0.29) is 17.1 Å². The molecule has 1 amide bonds. The van der Waals surface area contributed by atoms with Crippen molar-refractivity contribution in [3.05, 3.63) is 69.7 Å². The first-order valence-electron chi connectivity index (χ1n) is 9.68. The van der Waals surface area contributed by atoms with E-state index in [1.54, 1.807) is 18.2 Å². The number of amides is 1. The van der Waals surface area contributed by atoms with Gasteiger partial charge < -0.3 is 5.32 Å². The second-order valence-corrected chi connectivity index (χ2v) is 10.3. The third-order valence-electron chi connectivity index (χ3n) is 4.86. The van der Waals surface area contributed by atoms with E-state index in [1.165, 1.54) is 36.6 Å². The zero-order valence-electron chi connectivity index (χ0n) is 17.5. The summed E-state index contributed by atoms with van der Waals surface area (Å²) < 4.78 is 54.8. The van der Waals surface area contributed by atoms with E-state index in [0.29, 0.717) is 15.5 Å². The first-order chi connectivity index (χ1) is 15.7. The molecule has 2 aromatic rings. The average molecular weight is 515 g/mol. The van der Waals surface area contributed by atoms with Crippen LogP contribution < -0.4 is 10.0 Å². The molecule has 0 saturated carbocycles. The Hall–Kier alpha value is -2.44. The van der Waals surface area contributed by atoms with Crippen LogP contribution in [0.2, 0.25) is 5.02 Å². The number of carbonyl (C=O) groups is 1.